The van der Waals surface area contributed by atoms with Crippen LogP contribution in [0, 0.1) is 0 Å². The minimum Gasteiger partial charge on any atom is -0.334 e. The van der Waals surface area contributed by atoms with Crippen molar-refractivity contribution < 1.29 is 4.79 Å². The normalized spacial score (nSPS) is 23.3. The Kier molecular flexibility index (Phi) is 3.79. The van der Waals surface area contributed by atoms with Gasteiger partial charge in [0.25, 0.3) is 0 Å². The first-order chi connectivity index (χ1) is 7.23. The lowest BCUT2D eigenvalue weighted by atomic mass is 10.0. The van der Waals surface area contributed by atoms with E-state index in [1.165, 1.54) is 0 Å². The van der Waals surface area contributed by atoms with Gasteiger partial charge in [0.2, 0.25) is 5.91 Å². The van der Waals surface area contributed by atoms with E-state index in [1.54, 1.807) is 6.92 Å². The Balaban J connectivity index is 2.66. The van der Waals surface area contributed by atoms with Gasteiger partial charge >= 0.3 is 0 Å². The fraction of sp³-hybridized carbons (Fsp3) is 0.769. The predicted octanol–water partition coefficient (Wildman–Crippen LogP) is 1.89. The third-order valence-corrected chi connectivity index (χ3v) is 3.20. The molecule has 0 unspecified atom stereocenters. The maximum absolute atomic E-state index is 11.9. The molecule has 0 aliphatic carbocycles. The highest BCUT2D eigenvalue weighted by molar-refractivity contribution is 5.92. The Morgan fingerprint density at radius 3 is 2.25 bits per heavy atom. The molecule has 16 heavy (non-hydrogen) atoms. The van der Waals surface area contributed by atoms with Gasteiger partial charge < -0.3 is 4.90 Å². The average Bonchev–Trinajstić information content (AvgIpc) is 2.15. The van der Waals surface area contributed by atoms with Crippen molar-refractivity contribution in [1.29, 1.82) is 0 Å². The lowest BCUT2D eigenvalue weighted by molar-refractivity contribution is -0.132. The van der Waals surface area contributed by atoms with Crippen LogP contribution in [-0.2, 0) is 4.79 Å². The molecule has 1 aliphatic heterocycles. The van der Waals surface area contributed by atoms with E-state index in [4.69, 9.17) is 0 Å². The second kappa shape index (κ2) is 4.58. The molecule has 1 rings (SSSR count). The molecular formula is C13H24N2O. The van der Waals surface area contributed by atoms with Crippen molar-refractivity contribution in [2.45, 2.75) is 46.2 Å². The Morgan fingerprint density at radius 1 is 1.31 bits per heavy atom. The van der Waals surface area contributed by atoms with Gasteiger partial charge in [-0.1, -0.05) is 6.58 Å². The van der Waals surface area contributed by atoms with Gasteiger partial charge in [-0.15, -0.1) is 0 Å². The van der Waals surface area contributed by atoms with Crippen LogP contribution in [0.1, 0.15) is 34.6 Å². The molecule has 1 atom stereocenters. The van der Waals surface area contributed by atoms with E-state index >= 15 is 0 Å². The summed E-state index contributed by atoms with van der Waals surface area (Å²) in [7, 11) is 0. The number of amides is 1. The molecule has 3 nitrogen and oxygen atoms in total. The highest BCUT2D eigenvalue weighted by Crippen LogP contribution is 2.20. The van der Waals surface area contributed by atoms with Crippen LogP contribution in [-0.4, -0.2) is 46.9 Å². The Bertz CT molecular complexity index is 291. The molecule has 1 heterocycles. The van der Waals surface area contributed by atoms with Gasteiger partial charge in [-0.25, -0.2) is 0 Å². The summed E-state index contributed by atoms with van der Waals surface area (Å²) in [6, 6.07) is 0.275. The fourth-order valence-electron chi connectivity index (χ4n) is 2.11. The van der Waals surface area contributed by atoms with E-state index < -0.39 is 0 Å². The smallest absolute Gasteiger partial charge is 0.249 e. The number of piperazine rings is 1. The Hall–Kier alpha value is -0.830. The lowest BCUT2D eigenvalue weighted by Crippen LogP contribution is -2.58. The van der Waals surface area contributed by atoms with Crippen molar-refractivity contribution in [3.05, 3.63) is 12.2 Å². The molecule has 0 aromatic heterocycles. The van der Waals surface area contributed by atoms with Crippen LogP contribution in [0.5, 0.6) is 0 Å². The van der Waals surface area contributed by atoms with Gasteiger partial charge in [0.1, 0.15) is 0 Å². The van der Waals surface area contributed by atoms with Crippen molar-refractivity contribution in [2.75, 3.05) is 19.6 Å². The number of carbonyl (C=O) groups is 1. The molecule has 0 bridgehead atoms. The molecule has 0 N–H and O–H groups in total. The van der Waals surface area contributed by atoms with Gasteiger partial charge in [0.15, 0.2) is 0 Å². The molecule has 1 aliphatic rings. The fourth-order valence-corrected chi connectivity index (χ4v) is 2.11. The molecule has 0 aromatic carbocycles. The highest BCUT2D eigenvalue weighted by atomic mass is 16.2. The van der Waals surface area contributed by atoms with E-state index in [1.807, 2.05) is 4.90 Å². The molecule has 0 radical (unpaired) electrons. The molecule has 1 amide bonds. The summed E-state index contributed by atoms with van der Waals surface area (Å²) in [6.45, 7) is 17.0. The molecule has 1 saturated heterocycles. The largest absolute Gasteiger partial charge is 0.334 e. The summed E-state index contributed by atoms with van der Waals surface area (Å²) in [5, 5.41) is 0. The zero-order chi connectivity index (χ0) is 12.5. The number of rotatable bonds is 1. The van der Waals surface area contributed by atoms with Crippen LogP contribution in [0.4, 0.5) is 0 Å². The van der Waals surface area contributed by atoms with E-state index in [0.717, 1.165) is 19.6 Å². The van der Waals surface area contributed by atoms with E-state index in [0.29, 0.717) is 5.57 Å². The first kappa shape index (κ1) is 13.2. The number of hydrogen-bond acceptors (Lipinski definition) is 2. The van der Waals surface area contributed by atoms with Crippen LogP contribution in [0.25, 0.3) is 0 Å². The monoisotopic (exact) mass is 224 g/mol. The minimum atomic E-state index is 0.0982. The maximum Gasteiger partial charge on any atom is 0.249 e. The Morgan fingerprint density at radius 2 is 1.88 bits per heavy atom. The van der Waals surface area contributed by atoms with Crippen LogP contribution < -0.4 is 0 Å². The SMILES string of the molecule is C=C(C)C(=O)N1CCN(C(C)(C)C)C[C@@H]1C. The number of nitrogens with zero attached hydrogens (tertiary/aromatic N) is 2. The molecule has 0 spiro atoms. The van der Waals surface area contributed by atoms with Crippen molar-refractivity contribution in [1.82, 2.24) is 9.80 Å². The standard InChI is InChI=1S/C13H24N2O/c1-10(2)12(16)15-8-7-14(9-11(15)3)13(4,5)6/h11H,1,7-9H2,2-6H3/t11-/m0/s1. The molecule has 3 heteroatoms. The number of hydrogen-bond donors (Lipinski definition) is 0. The average molecular weight is 224 g/mol. The summed E-state index contributed by atoms with van der Waals surface area (Å²) in [6.07, 6.45) is 0. The minimum absolute atomic E-state index is 0.0982. The Labute approximate surface area is 99.1 Å². The number of carbonyl (C=O) groups excluding carboxylic acids is 1. The quantitative estimate of drug-likeness (QED) is 0.635. The highest BCUT2D eigenvalue weighted by Gasteiger charge is 2.32. The van der Waals surface area contributed by atoms with Crippen molar-refractivity contribution >= 4 is 5.91 Å². The van der Waals surface area contributed by atoms with Crippen molar-refractivity contribution in [2.24, 2.45) is 0 Å². The van der Waals surface area contributed by atoms with Crippen LogP contribution in [0.3, 0.4) is 0 Å². The van der Waals surface area contributed by atoms with Crippen molar-refractivity contribution in [3.63, 3.8) is 0 Å². The van der Waals surface area contributed by atoms with Gasteiger partial charge in [-0.2, -0.15) is 0 Å². The summed E-state index contributed by atoms with van der Waals surface area (Å²) in [4.78, 5) is 16.2. The zero-order valence-electron chi connectivity index (χ0n) is 11.2. The molecule has 0 saturated carbocycles. The van der Waals surface area contributed by atoms with Gasteiger partial charge in [0.05, 0.1) is 0 Å². The third kappa shape index (κ3) is 2.85. The van der Waals surface area contributed by atoms with Crippen LogP contribution >= 0.6 is 0 Å². The summed E-state index contributed by atoms with van der Waals surface area (Å²) < 4.78 is 0. The van der Waals surface area contributed by atoms with E-state index in [2.05, 4.69) is 39.2 Å². The van der Waals surface area contributed by atoms with Crippen LogP contribution in [0.15, 0.2) is 12.2 Å². The first-order valence-electron chi connectivity index (χ1n) is 5.95. The molecule has 0 aromatic rings. The summed E-state index contributed by atoms with van der Waals surface area (Å²) >= 11 is 0. The molecule has 92 valence electrons. The lowest BCUT2D eigenvalue weighted by Gasteiger charge is -2.45. The second-order valence-electron chi connectivity index (χ2n) is 5.74. The maximum atomic E-state index is 11.9. The predicted molar refractivity (Wildman–Crippen MR) is 67.3 cm³/mol. The second-order valence-corrected chi connectivity index (χ2v) is 5.74. The van der Waals surface area contributed by atoms with E-state index in [9.17, 15) is 4.79 Å². The van der Waals surface area contributed by atoms with Crippen molar-refractivity contribution in [3.8, 4) is 0 Å². The first-order valence-corrected chi connectivity index (χ1v) is 5.95. The summed E-state index contributed by atoms with van der Waals surface area (Å²) in [5.74, 6) is 0.0982. The molecular weight excluding hydrogens is 200 g/mol. The van der Waals surface area contributed by atoms with E-state index in [-0.39, 0.29) is 17.5 Å². The topological polar surface area (TPSA) is 23.6 Å². The summed E-state index contributed by atoms with van der Waals surface area (Å²) in [5.41, 5.74) is 0.822. The molecule has 1 fully saturated rings. The zero-order valence-corrected chi connectivity index (χ0v) is 11.2. The van der Waals surface area contributed by atoms with Gasteiger partial charge in [0, 0.05) is 36.8 Å². The van der Waals surface area contributed by atoms with Gasteiger partial charge in [-0.3, -0.25) is 9.69 Å². The van der Waals surface area contributed by atoms with Gasteiger partial charge in [-0.05, 0) is 34.6 Å². The third-order valence-electron chi connectivity index (χ3n) is 3.20. The van der Waals surface area contributed by atoms with Crippen LogP contribution in [0.2, 0.25) is 0 Å².